The predicted octanol–water partition coefficient (Wildman–Crippen LogP) is 2.71. The third-order valence-corrected chi connectivity index (χ3v) is 2.47. The molecule has 0 bridgehead atoms. The van der Waals surface area contributed by atoms with Crippen LogP contribution in [0, 0.1) is 0 Å². The van der Waals surface area contributed by atoms with Crippen LogP contribution in [0.2, 0.25) is 0 Å². The average Bonchev–Trinajstić information content (AvgIpc) is 2.16. The van der Waals surface area contributed by atoms with Crippen molar-refractivity contribution in [3.05, 3.63) is 29.3 Å². The second kappa shape index (κ2) is 5.21. The van der Waals surface area contributed by atoms with Crippen molar-refractivity contribution in [1.82, 2.24) is 0 Å². The van der Waals surface area contributed by atoms with Crippen LogP contribution >= 0.6 is 15.9 Å². The Morgan fingerprint density at radius 2 is 2.07 bits per heavy atom. The van der Waals surface area contributed by atoms with Gasteiger partial charge in [0.25, 0.3) is 6.43 Å². The first-order valence-corrected chi connectivity index (χ1v) is 5.40. The Bertz CT molecular complexity index is 368. The van der Waals surface area contributed by atoms with Crippen LogP contribution in [0.4, 0.5) is 14.5 Å². The van der Waals surface area contributed by atoms with E-state index in [0.717, 1.165) is 0 Å². The lowest BCUT2D eigenvalue weighted by Gasteiger charge is -2.05. The number of hydrogen-bond donors (Lipinski definition) is 1. The summed E-state index contributed by atoms with van der Waals surface area (Å²) < 4.78 is 24.8. The fourth-order valence-electron chi connectivity index (χ4n) is 1.25. The van der Waals surface area contributed by atoms with E-state index in [2.05, 4.69) is 15.9 Å². The minimum absolute atomic E-state index is 0.0687. The molecule has 0 aliphatic carbocycles. The third kappa shape index (κ3) is 3.58. The molecular weight excluding hydrogens is 268 g/mol. The van der Waals surface area contributed by atoms with Gasteiger partial charge in [0.05, 0.1) is 5.33 Å². The SMILES string of the molecule is Nc1cc(CC(=O)CBr)cc(C(F)F)c1. The van der Waals surface area contributed by atoms with Gasteiger partial charge in [-0.05, 0) is 23.8 Å². The lowest BCUT2D eigenvalue weighted by Crippen LogP contribution is -2.04. The van der Waals surface area contributed by atoms with Gasteiger partial charge in [-0.3, -0.25) is 4.79 Å². The lowest BCUT2D eigenvalue weighted by molar-refractivity contribution is -0.115. The van der Waals surface area contributed by atoms with E-state index >= 15 is 0 Å². The van der Waals surface area contributed by atoms with Crippen molar-refractivity contribution in [2.45, 2.75) is 12.8 Å². The van der Waals surface area contributed by atoms with Crippen molar-refractivity contribution in [2.24, 2.45) is 0 Å². The van der Waals surface area contributed by atoms with Crippen LogP contribution in [0.5, 0.6) is 0 Å². The van der Waals surface area contributed by atoms with Gasteiger partial charge in [0, 0.05) is 17.7 Å². The molecule has 0 atom stereocenters. The molecular formula is C10H10BrF2NO. The number of benzene rings is 1. The highest BCUT2D eigenvalue weighted by Gasteiger charge is 2.10. The maximum Gasteiger partial charge on any atom is 0.263 e. The molecule has 82 valence electrons. The van der Waals surface area contributed by atoms with Crippen LogP contribution in [0.25, 0.3) is 0 Å². The highest BCUT2D eigenvalue weighted by Crippen LogP contribution is 2.23. The standard InChI is InChI=1S/C10H10BrF2NO/c11-5-9(15)3-6-1-7(10(12)13)4-8(14)2-6/h1-2,4,10H,3,5,14H2. The fraction of sp³-hybridized carbons (Fsp3) is 0.300. The number of anilines is 1. The van der Waals surface area contributed by atoms with Gasteiger partial charge < -0.3 is 5.73 Å². The molecule has 0 aromatic heterocycles. The number of carbonyl (C=O) groups is 1. The van der Waals surface area contributed by atoms with Gasteiger partial charge in [-0.1, -0.05) is 15.9 Å². The number of ketones is 1. The molecule has 2 nitrogen and oxygen atoms in total. The number of nitrogens with two attached hydrogens (primary N) is 1. The van der Waals surface area contributed by atoms with E-state index in [9.17, 15) is 13.6 Å². The summed E-state index contributed by atoms with van der Waals surface area (Å²) in [4.78, 5) is 11.1. The molecule has 0 spiro atoms. The highest BCUT2D eigenvalue weighted by atomic mass is 79.9. The van der Waals surface area contributed by atoms with Crippen molar-refractivity contribution in [1.29, 1.82) is 0 Å². The minimum atomic E-state index is -2.56. The first kappa shape index (κ1) is 12.1. The smallest absolute Gasteiger partial charge is 0.263 e. The maximum absolute atomic E-state index is 12.4. The average molecular weight is 278 g/mol. The van der Waals surface area contributed by atoms with Crippen molar-refractivity contribution in [3.8, 4) is 0 Å². The molecule has 0 unspecified atom stereocenters. The van der Waals surface area contributed by atoms with E-state index < -0.39 is 6.43 Å². The zero-order chi connectivity index (χ0) is 11.4. The summed E-state index contributed by atoms with van der Waals surface area (Å²) in [5, 5.41) is 0.214. The first-order chi connectivity index (χ1) is 7.02. The molecule has 1 rings (SSSR count). The van der Waals surface area contributed by atoms with E-state index in [-0.39, 0.29) is 28.8 Å². The van der Waals surface area contributed by atoms with Gasteiger partial charge in [0.1, 0.15) is 5.78 Å². The monoisotopic (exact) mass is 277 g/mol. The fourth-order valence-corrected chi connectivity index (χ4v) is 1.45. The van der Waals surface area contributed by atoms with E-state index in [1.165, 1.54) is 18.2 Å². The second-order valence-electron chi connectivity index (χ2n) is 3.16. The molecule has 0 aliphatic rings. The van der Waals surface area contributed by atoms with E-state index in [1.807, 2.05) is 0 Å². The number of rotatable bonds is 4. The molecule has 1 aromatic rings. The van der Waals surface area contributed by atoms with Crippen molar-refractivity contribution in [3.63, 3.8) is 0 Å². The van der Waals surface area contributed by atoms with Crippen LogP contribution in [0.3, 0.4) is 0 Å². The molecule has 15 heavy (non-hydrogen) atoms. The van der Waals surface area contributed by atoms with Gasteiger partial charge in [-0.25, -0.2) is 8.78 Å². The molecule has 0 amide bonds. The van der Waals surface area contributed by atoms with Crippen molar-refractivity contribution < 1.29 is 13.6 Å². The molecule has 0 fully saturated rings. The van der Waals surface area contributed by atoms with Gasteiger partial charge in [-0.2, -0.15) is 0 Å². The summed E-state index contributed by atoms with van der Waals surface area (Å²) in [6.07, 6.45) is -2.44. The molecule has 0 saturated carbocycles. The number of nitrogen functional groups attached to an aromatic ring is 1. The molecule has 0 aliphatic heterocycles. The summed E-state index contributed by atoms with van der Waals surface area (Å²) >= 11 is 3.01. The number of hydrogen-bond acceptors (Lipinski definition) is 2. The minimum Gasteiger partial charge on any atom is -0.399 e. The van der Waals surface area contributed by atoms with Gasteiger partial charge >= 0.3 is 0 Å². The Morgan fingerprint density at radius 3 is 2.60 bits per heavy atom. The zero-order valence-electron chi connectivity index (χ0n) is 7.84. The Balaban J connectivity index is 2.93. The molecule has 0 heterocycles. The molecule has 0 saturated heterocycles. The predicted molar refractivity (Wildman–Crippen MR) is 58.3 cm³/mol. The Kier molecular flexibility index (Phi) is 4.20. The number of carbonyl (C=O) groups excluding carboxylic acids is 1. The normalized spacial score (nSPS) is 10.7. The topological polar surface area (TPSA) is 43.1 Å². The first-order valence-electron chi connectivity index (χ1n) is 4.28. The zero-order valence-corrected chi connectivity index (χ0v) is 9.43. The summed E-state index contributed by atoms with van der Waals surface area (Å²) in [6, 6.07) is 4.06. The van der Waals surface area contributed by atoms with Crippen LogP contribution in [-0.2, 0) is 11.2 Å². The lowest BCUT2D eigenvalue weighted by atomic mass is 10.1. The summed E-state index contributed by atoms with van der Waals surface area (Å²) in [7, 11) is 0. The quantitative estimate of drug-likeness (QED) is 0.679. The van der Waals surface area contributed by atoms with Gasteiger partial charge in [0.2, 0.25) is 0 Å². The van der Waals surface area contributed by atoms with Gasteiger partial charge in [-0.15, -0.1) is 0 Å². The number of halogens is 3. The molecule has 2 N–H and O–H groups in total. The van der Waals surface area contributed by atoms with Crippen molar-refractivity contribution in [2.75, 3.05) is 11.1 Å². The van der Waals surface area contributed by atoms with Crippen LogP contribution in [0.15, 0.2) is 18.2 Å². The second-order valence-corrected chi connectivity index (χ2v) is 3.72. The van der Waals surface area contributed by atoms with E-state index in [1.54, 1.807) is 0 Å². The molecule has 1 aromatic carbocycles. The van der Waals surface area contributed by atoms with Crippen LogP contribution < -0.4 is 5.73 Å². The van der Waals surface area contributed by atoms with E-state index in [4.69, 9.17) is 5.73 Å². The van der Waals surface area contributed by atoms with Crippen LogP contribution in [0.1, 0.15) is 17.6 Å². The Labute approximate surface area is 94.6 Å². The maximum atomic E-state index is 12.4. The van der Waals surface area contributed by atoms with Crippen LogP contribution in [-0.4, -0.2) is 11.1 Å². The third-order valence-electron chi connectivity index (χ3n) is 1.84. The highest BCUT2D eigenvalue weighted by molar-refractivity contribution is 9.09. The largest absolute Gasteiger partial charge is 0.399 e. The summed E-state index contributed by atoms with van der Waals surface area (Å²) in [5.74, 6) is -0.0687. The summed E-state index contributed by atoms with van der Waals surface area (Å²) in [5.41, 5.74) is 6.09. The molecule has 5 heteroatoms. The summed E-state index contributed by atoms with van der Waals surface area (Å²) in [6.45, 7) is 0. The number of alkyl halides is 3. The van der Waals surface area contributed by atoms with Crippen molar-refractivity contribution >= 4 is 27.4 Å². The Morgan fingerprint density at radius 1 is 1.40 bits per heavy atom. The molecule has 0 radical (unpaired) electrons. The van der Waals surface area contributed by atoms with Gasteiger partial charge in [0.15, 0.2) is 0 Å². The Hall–Kier alpha value is -0.970. The number of Topliss-reactive ketones (excluding diaryl/α,β-unsaturated/α-hetero) is 1. The van der Waals surface area contributed by atoms with E-state index in [0.29, 0.717) is 5.56 Å².